The lowest BCUT2D eigenvalue weighted by Crippen LogP contribution is -2.16. The van der Waals surface area contributed by atoms with Crippen molar-refractivity contribution in [2.24, 2.45) is 0 Å². The van der Waals surface area contributed by atoms with E-state index < -0.39 is 0 Å². The van der Waals surface area contributed by atoms with Gasteiger partial charge in [-0.05, 0) is 100 Å². The fraction of sp³-hybridized carbons (Fsp3) is 0.0556. The quantitative estimate of drug-likeness (QED) is 0.174. The largest absolute Gasteiger partial charge is 0.310 e. The zero-order chi connectivity index (χ0) is 38.5. The lowest BCUT2D eigenvalue weighted by Gasteiger charge is -2.28. The molecule has 0 saturated carbocycles. The van der Waals surface area contributed by atoms with Crippen molar-refractivity contribution in [3.8, 4) is 27.9 Å². The third-order valence-corrected chi connectivity index (χ3v) is 13.6. The average molecular weight is 760 g/mol. The van der Waals surface area contributed by atoms with Gasteiger partial charge in [-0.3, -0.25) is 4.98 Å². The maximum Gasteiger partial charge on any atom is 0.0730 e. The Kier molecular flexibility index (Phi) is 7.14. The van der Waals surface area contributed by atoms with Crippen LogP contribution in [0.1, 0.15) is 25.0 Å². The van der Waals surface area contributed by atoms with Crippen LogP contribution in [0.2, 0.25) is 0 Å². The van der Waals surface area contributed by atoms with Crippen molar-refractivity contribution >= 4 is 81.3 Å². The van der Waals surface area contributed by atoms with Gasteiger partial charge in [0.1, 0.15) is 0 Å². The van der Waals surface area contributed by atoms with E-state index in [4.69, 9.17) is 4.98 Å². The smallest absolute Gasteiger partial charge is 0.0730 e. The van der Waals surface area contributed by atoms with Gasteiger partial charge in [0, 0.05) is 64.5 Å². The fourth-order valence-corrected chi connectivity index (χ4v) is 10.9. The molecule has 3 heterocycles. The summed E-state index contributed by atoms with van der Waals surface area (Å²) in [5.41, 5.74) is 15.4. The second-order valence-electron chi connectivity index (χ2n) is 16.0. The Labute approximate surface area is 340 Å². The zero-order valence-electron chi connectivity index (χ0n) is 32.1. The van der Waals surface area contributed by atoms with Gasteiger partial charge in [0.2, 0.25) is 0 Å². The first-order valence-corrected chi connectivity index (χ1v) is 20.8. The van der Waals surface area contributed by atoms with E-state index in [0.29, 0.717) is 0 Å². The van der Waals surface area contributed by atoms with Crippen LogP contribution in [0.4, 0.5) is 17.1 Å². The SMILES string of the molecule is CC1(C)c2ccccc2-c2ccc(N(c3ccc(-c4cccc5c4sc4ccccc45)cc3)c3ccc4c(c3)c3c5ccccc5ncc3n4-c3ccccc3)cc21. The van der Waals surface area contributed by atoms with Crippen LogP contribution in [-0.2, 0) is 5.41 Å². The van der Waals surface area contributed by atoms with E-state index in [0.717, 1.165) is 44.7 Å². The van der Waals surface area contributed by atoms with Crippen LogP contribution in [0.3, 0.4) is 0 Å². The van der Waals surface area contributed by atoms with Crippen molar-refractivity contribution < 1.29 is 0 Å². The van der Waals surface area contributed by atoms with Gasteiger partial charge in [0.15, 0.2) is 0 Å². The third-order valence-electron chi connectivity index (χ3n) is 12.4. The van der Waals surface area contributed by atoms with E-state index in [1.165, 1.54) is 64.3 Å². The molecule has 58 heavy (non-hydrogen) atoms. The number of thiophene rings is 1. The second kappa shape index (κ2) is 12.5. The molecule has 3 aromatic heterocycles. The van der Waals surface area contributed by atoms with Gasteiger partial charge < -0.3 is 9.47 Å². The van der Waals surface area contributed by atoms with Gasteiger partial charge in [-0.2, -0.15) is 0 Å². The molecule has 12 rings (SSSR count). The summed E-state index contributed by atoms with van der Waals surface area (Å²) in [5.74, 6) is 0. The van der Waals surface area contributed by atoms with Crippen LogP contribution < -0.4 is 4.90 Å². The van der Waals surface area contributed by atoms with Gasteiger partial charge in [-0.1, -0.05) is 129 Å². The van der Waals surface area contributed by atoms with Crippen molar-refractivity contribution in [2.75, 3.05) is 4.90 Å². The number of para-hydroxylation sites is 2. The van der Waals surface area contributed by atoms with E-state index in [9.17, 15) is 0 Å². The summed E-state index contributed by atoms with van der Waals surface area (Å²) >= 11 is 1.88. The minimum absolute atomic E-state index is 0.126. The molecule has 8 aromatic carbocycles. The van der Waals surface area contributed by atoms with Crippen molar-refractivity contribution in [3.63, 3.8) is 0 Å². The molecular weight excluding hydrogens is 723 g/mol. The summed E-state index contributed by atoms with van der Waals surface area (Å²) in [6.45, 7) is 4.72. The number of hydrogen-bond donors (Lipinski definition) is 0. The highest BCUT2D eigenvalue weighted by Gasteiger charge is 2.36. The summed E-state index contributed by atoms with van der Waals surface area (Å²) in [4.78, 5) is 7.38. The van der Waals surface area contributed by atoms with E-state index in [-0.39, 0.29) is 5.41 Å². The lowest BCUT2D eigenvalue weighted by atomic mass is 9.82. The molecule has 1 aliphatic rings. The Hall–Kier alpha value is -7.01. The van der Waals surface area contributed by atoms with Gasteiger partial charge in [0.05, 0.1) is 22.7 Å². The van der Waals surface area contributed by atoms with Crippen molar-refractivity contribution in [2.45, 2.75) is 19.3 Å². The van der Waals surface area contributed by atoms with Crippen molar-refractivity contribution in [1.29, 1.82) is 0 Å². The van der Waals surface area contributed by atoms with E-state index in [2.05, 4.69) is 205 Å². The number of rotatable bonds is 5. The maximum absolute atomic E-state index is 4.94. The van der Waals surface area contributed by atoms with Gasteiger partial charge in [0.25, 0.3) is 0 Å². The third kappa shape index (κ3) is 4.82. The molecule has 1 aliphatic carbocycles. The molecule has 0 aliphatic heterocycles. The second-order valence-corrected chi connectivity index (χ2v) is 17.0. The standard InChI is InChI=1S/C54H37N3S/c1-54(2)46-20-9-6-15-40(46)41-29-27-38(32-47(41)54)56(36-25-23-34(24-26-36)39-18-12-19-43-42-16-8-11-22-51(42)58-53(39)43)37-28-30-49-45(31-37)52-44-17-7-10-21-48(44)55-33-50(52)57(49)35-13-4-3-5-14-35/h3-33H,1-2H3. The summed E-state index contributed by atoms with van der Waals surface area (Å²) in [5, 5.41) is 6.20. The van der Waals surface area contributed by atoms with Crippen molar-refractivity contribution in [3.05, 3.63) is 199 Å². The number of anilines is 3. The monoisotopic (exact) mass is 759 g/mol. The Morgan fingerprint density at radius 3 is 2.05 bits per heavy atom. The predicted molar refractivity (Wildman–Crippen MR) is 247 cm³/mol. The van der Waals surface area contributed by atoms with Gasteiger partial charge >= 0.3 is 0 Å². The first kappa shape index (κ1) is 33.2. The molecule has 0 amide bonds. The molecule has 0 bridgehead atoms. The van der Waals surface area contributed by atoms with Crippen LogP contribution in [0.25, 0.3) is 80.8 Å². The number of benzene rings is 8. The van der Waals surface area contributed by atoms with Crippen LogP contribution in [0, 0.1) is 0 Å². The van der Waals surface area contributed by atoms with E-state index in [1.54, 1.807) is 0 Å². The molecule has 0 atom stereocenters. The number of nitrogens with zero attached hydrogens (tertiary/aromatic N) is 3. The summed E-state index contributed by atoms with van der Waals surface area (Å²) < 4.78 is 5.01. The molecule has 11 aromatic rings. The number of pyridine rings is 1. The number of hydrogen-bond acceptors (Lipinski definition) is 3. The topological polar surface area (TPSA) is 21.1 Å². The Bertz CT molecular complexity index is 3430. The molecule has 0 unspecified atom stereocenters. The highest BCUT2D eigenvalue weighted by atomic mass is 32.1. The average Bonchev–Trinajstić information content (AvgIpc) is 3.90. The molecular formula is C54H37N3S. The number of aromatic nitrogens is 2. The van der Waals surface area contributed by atoms with Crippen LogP contribution in [0.5, 0.6) is 0 Å². The van der Waals surface area contributed by atoms with E-state index in [1.807, 2.05) is 17.5 Å². The predicted octanol–water partition coefficient (Wildman–Crippen LogP) is 15.1. The highest BCUT2D eigenvalue weighted by molar-refractivity contribution is 7.26. The molecule has 0 saturated heterocycles. The van der Waals surface area contributed by atoms with Gasteiger partial charge in [-0.25, -0.2) is 0 Å². The first-order valence-electron chi connectivity index (χ1n) is 20.0. The van der Waals surface area contributed by atoms with E-state index >= 15 is 0 Å². The lowest BCUT2D eigenvalue weighted by molar-refractivity contribution is 0.660. The molecule has 0 N–H and O–H groups in total. The van der Waals surface area contributed by atoms with Gasteiger partial charge in [-0.15, -0.1) is 11.3 Å². The Morgan fingerprint density at radius 2 is 1.17 bits per heavy atom. The normalized spacial score (nSPS) is 13.1. The first-order chi connectivity index (χ1) is 28.5. The molecule has 0 fully saturated rings. The zero-order valence-corrected chi connectivity index (χ0v) is 33.0. The summed E-state index contributed by atoms with van der Waals surface area (Å²) in [6, 6.07) is 66.7. The summed E-state index contributed by atoms with van der Waals surface area (Å²) in [6.07, 6.45) is 2.04. The molecule has 4 heteroatoms. The minimum Gasteiger partial charge on any atom is -0.310 e. The van der Waals surface area contributed by atoms with Crippen molar-refractivity contribution in [1.82, 2.24) is 9.55 Å². The maximum atomic E-state index is 4.94. The molecule has 0 radical (unpaired) electrons. The van der Waals surface area contributed by atoms with Crippen LogP contribution in [-0.4, -0.2) is 9.55 Å². The summed E-state index contributed by atoms with van der Waals surface area (Å²) in [7, 11) is 0. The molecule has 0 spiro atoms. The Balaban J connectivity index is 1.08. The Morgan fingerprint density at radius 1 is 0.500 bits per heavy atom. The highest BCUT2D eigenvalue weighted by Crippen LogP contribution is 2.51. The molecule has 274 valence electrons. The van der Waals surface area contributed by atoms with Crippen LogP contribution in [0.15, 0.2) is 188 Å². The fourth-order valence-electron chi connectivity index (χ4n) is 9.67. The number of fused-ring (bicyclic) bond motifs is 11. The molecule has 3 nitrogen and oxygen atoms in total. The minimum atomic E-state index is -0.126. The van der Waals surface area contributed by atoms with Crippen LogP contribution >= 0.6 is 11.3 Å².